The van der Waals surface area contributed by atoms with Crippen LogP contribution in [0, 0.1) is 20.8 Å². The van der Waals surface area contributed by atoms with Gasteiger partial charge in [0, 0.05) is 16.8 Å². The number of anilines is 2. The molecule has 0 fully saturated rings. The van der Waals surface area contributed by atoms with Gasteiger partial charge >= 0.3 is 6.18 Å². The van der Waals surface area contributed by atoms with Gasteiger partial charge in [-0.25, -0.2) is 9.97 Å². The molecule has 0 saturated carbocycles. The van der Waals surface area contributed by atoms with Crippen LogP contribution in [0.2, 0.25) is 0 Å². The molecule has 6 nitrogen and oxygen atoms in total. The van der Waals surface area contributed by atoms with E-state index >= 15 is 0 Å². The second kappa shape index (κ2) is 6.15. The van der Waals surface area contributed by atoms with Crippen molar-refractivity contribution in [3.8, 4) is 11.4 Å². The first-order valence-electron chi connectivity index (χ1n) is 7.43. The summed E-state index contributed by atoms with van der Waals surface area (Å²) in [7, 11) is 0. The highest BCUT2D eigenvalue weighted by Gasteiger charge is 2.34. The molecule has 0 radical (unpaired) electrons. The van der Waals surface area contributed by atoms with E-state index in [0.29, 0.717) is 22.9 Å². The summed E-state index contributed by atoms with van der Waals surface area (Å²) in [4.78, 5) is 12.6. The van der Waals surface area contributed by atoms with Crippen LogP contribution in [0.25, 0.3) is 11.4 Å². The zero-order chi connectivity index (χ0) is 18.2. The number of aromatic amines is 1. The molecule has 0 aliphatic heterocycles. The molecule has 0 aliphatic carbocycles. The average Bonchev–Trinajstić information content (AvgIpc) is 2.96. The van der Waals surface area contributed by atoms with Crippen LogP contribution in [0.3, 0.4) is 0 Å². The van der Waals surface area contributed by atoms with Crippen LogP contribution in [0.1, 0.15) is 22.6 Å². The van der Waals surface area contributed by atoms with E-state index in [-0.39, 0.29) is 17.3 Å². The zero-order valence-electron chi connectivity index (χ0n) is 13.7. The maximum absolute atomic E-state index is 13.3. The summed E-state index contributed by atoms with van der Waals surface area (Å²) in [5.41, 5.74) is 0.415. The molecule has 0 spiro atoms. The molecule has 0 saturated heterocycles. The lowest BCUT2D eigenvalue weighted by Crippen LogP contribution is -2.10. The first-order valence-corrected chi connectivity index (χ1v) is 7.43. The maximum atomic E-state index is 13.3. The van der Waals surface area contributed by atoms with Gasteiger partial charge in [0.25, 0.3) is 0 Å². The van der Waals surface area contributed by atoms with Crippen molar-refractivity contribution in [1.82, 2.24) is 25.1 Å². The summed E-state index contributed by atoms with van der Waals surface area (Å²) in [5.74, 6) is 1.24. The van der Waals surface area contributed by atoms with Crippen LogP contribution in [-0.4, -0.2) is 25.1 Å². The van der Waals surface area contributed by atoms with Gasteiger partial charge in [0.15, 0.2) is 5.82 Å². The van der Waals surface area contributed by atoms with E-state index in [1.54, 1.807) is 20.8 Å². The Labute approximate surface area is 141 Å². The molecule has 2 heterocycles. The minimum Gasteiger partial charge on any atom is -0.307 e. The second-order valence-electron chi connectivity index (χ2n) is 5.52. The third-order valence-electron chi connectivity index (χ3n) is 3.69. The van der Waals surface area contributed by atoms with Crippen LogP contribution in [0.4, 0.5) is 24.9 Å². The van der Waals surface area contributed by atoms with Gasteiger partial charge < -0.3 is 5.32 Å². The normalized spacial score (nSPS) is 11.6. The predicted molar refractivity (Wildman–Crippen MR) is 86.3 cm³/mol. The number of halogens is 3. The van der Waals surface area contributed by atoms with Crippen LogP contribution >= 0.6 is 0 Å². The Morgan fingerprint density at radius 3 is 2.36 bits per heavy atom. The largest absolute Gasteiger partial charge is 0.417 e. The van der Waals surface area contributed by atoms with Gasteiger partial charge in [-0.2, -0.15) is 18.2 Å². The number of aryl methyl sites for hydroxylation is 2. The topological polar surface area (TPSA) is 79.4 Å². The van der Waals surface area contributed by atoms with E-state index in [9.17, 15) is 13.2 Å². The van der Waals surface area contributed by atoms with Gasteiger partial charge in [0.2, 0.25) is 5.95 Å². The van der Waals surface area contributed by atoms with Gasteiger partial charge in [-0.1, -0.05) is 18.2 Å². The molecule has 2 N–H and O–H groups in total. The Morgan fingerprint density at radius 2 is 1.72 bits per heavy atom. The molecule has 2 aromatic heterocycles. The highest BCUT2D eigenvalue weighted by atomic mass is 19.4. The molecule has 1 aromatic carbocycles. The molecule has 9 heteroatoms. The molecule has 130 valence electrons. The SMILES string of the molecule is Cc1nc(Nc2nc(-c3ccccc3C(F)(F)F)nc(C)c2C)n[nH]1. The van der Waals surface area contributed by atoms with Crippen LogP contribution in [0.5, 0.6) is 0 Å². The fourth-order valence-corrected chi connectivity index (χ4v) is 2.30. The first-order chi connectivity index (χ1) is 11.8. The lowest BCUT2D eigenvalue weighted by molar-refractivity contribution is -0.137. The van der Waals surface area contributed by atoms with Crippen molar-refractivity contribution in [3.63, 3.8) is 0 Å². The average molecular weight is 348 g/mol. The number of hydrogen-bond donors (Lipinski definition) is 2. The second-order valence-corrected chi connectivity index (χ2v) is 5.52. The first kappa shape index (κ1) is 16.9. The zero-order valence-corrected chi connectivity index (χ0v) is 13.7. The molecule has 0 atom stereocenters. The summed E-state index contributed by atoms with van der Waals surface area (Å²) in [6.07, 6.45) is -4.49. The molecule has 0 amide bonds. The van der Waals surface area contributed by atoms with Gasteiger partial charge in [0.05, 0.1) is 5.56 Å². The Bertz CT molecular complexity index is 916. The van der Waals surface area contributed by atoms with Gasteiger partial charge in [-0.15, -0.1) is 5.10 Å². The van der Waals surface area contributed by atoms with Crippen LogP contribution in [0.15, 0.2) is 24.3 Å². The number of benzene rings is 1. The lowest BCUT2D eigenvalue weighted by atomic mass is 10.1. The highest BCUT2D eigenvalue weighted by Crippen LogP contribution is 2.36. The number of aromatic nitrogens is 5. The Kier molecular flexibility index (Phi) is 4.15. The molecule has 0 aliphatic rings. The third kappa shape index (κ3) is 3.44. The van der Waals surface area contributed by atoms with E-state index in [4.69, 9.17) is 0 Å². The van der Waals surface area contributed by atoms with Crippen molar-refractivity contribution in [3.05, 3.63) is 46.9 Å². The van der Waals surface area contributed by atoms with E-state index < -0.39 is 11.7 Å². The molecular weight excluding hydrogens is 333 g/mol. The van der Waals surface area contributed by atoms with Crippen LogP contribution in [-0.2, 0) is 6.18 Å². The molecule has 0 unspecified atom stereocenters. The van der Waals surface area contributed by atoms with Gasteiger partial charge in [-0.05, 0) is 26.8 Å². The predicted octanol–water partition coefficient (Wildman–Crippen LogP) is 3.95. The molecule has 25 heavy (non-hydrogen) atoms. The smallest absolute Gasteiger partial charge is 0.307 e. The Hall–Kier alpha value is -2.97. The third-order valence-corrected chi connectivity index (χ3v) is 3.69. The van der Waals surface area contributed by atoms with E-state index in [1.807, 2.05) is 0 Å². The number of rotatable bonds is 3. The monoisotopic (exact) mass is 348 g/mol. The number of H-pyrrole nitrogens is 1. The Balaban J connectivity index is 2.10. The van der Waals surface area contributed by atoms with Crippen molar-refractivity contribution in [2.45, 2.75) is 26.9 Å². The minimum absolute atomic E-state index is 0.00853. The maximum Gasteiger partial charge on any atom is 0.417 e. The number of nitrogens with zero attached hydrogens (tertiary/aromatic N) is 4. The number of alkyl halides is 3. The summed E-state index contributed by atoms with van der Waals surface area (Å²) in [6.45, 7) is 5.23. The van der Waals surface area contributed by atoms with E-state index in [2.05, 4.69) is 30.5 Å². The van der Waals surface area contributed by atoms with Gasteiger partial charge in [-0.3, -0.25) is 5.10 Å². The number of hydrogen-bond acceptors (Lipinski definition) is 5. The minimum atomic E-state index is -4.49. The van der Waals surface area contributed by atoms with Crippen molar-refractivity contribution in [2.24, 2.45) is 0 Å². The lowest BCUT2D eigenvalue weighted by Gasteiger charge is -2.14. The van der Waals surface area contributed by atoms with Crippen molar-refractivity contribution in [2.75, 3.05) is 5.32 Å². The van der Waals surface area contributed by atoms with Crippen molar-refractivity contribution in [1.29, 1.82) is 0 Å². The number of nitrogens with one attached hydrogen (secondary N) is 2. The summed E-state index contributed by atoms with van der Waals surface area (Å²) >= 11 is 0. The van der Waals surface area contributed by atoms with Crippen molar-refractivity contribution >= 4 is 11.8 Å². The summed E-state index contributed by atoms with van der Waals surface area (Å²) in [6, 6.07) is 5.23. The molecular formula is C16H15F3N6. The summed E-state index contributed by atoms with van der Waals surface area (Å²) < 4.78 is 39.8. The molecule has 3 rings (SSSR count). The molecule has 0 bridgehead atoms. The highest BCUT2D eigenvalue weighted by molar-refractivity contribution is 5.65. The summed E-state index contributed by atoms with van der Waals surface area (Å²) in [5, 5.41) is 9.55. The fraction of sp³-hybridized carbons (Fsp3) is 0.250. The van der Waals surface area contributed by atoms with E-state index in [1.165, 1.54) is 18.2 Å². The van der Waals surface area contributed by atoms with Crippen molar-refractivity contribution < 1.29 is 13.2 Å². The molecule has 3 aromatic rings. The van der Waals surface area contributed by atoms with E-state index in [0.717, 1.165) is 6.07 Å². The standard InChI is InChI=1S/C16H15F3N6/c1-8-9(2)20-14(11-6-4-5-7-12(11)16(17,18)19)22-13(8)23-15-21-10(3)24-25-15/h4-7H,1-3H3,(H2,20,21,22,23,24,25). The Morgan fingerprint density at radius 1 is 1.00 bits per heavy atom. The quantitative estimate of drug-likeness (QED) is 0.749. The van der Waals surface area contributed by atoms with Gasteiger partial charge in [0.1, 0.15) is 11.6 Å². The fourth-order valence-electron chi connectivity index (χ4n) is 2.30. The van der Waals surface area contributed by atoms with Crippen LogP contribution < -0.4 is 5.32 Å².